The van der Waals surface area contributed by atoms with E-state index in [1.54, 1.807) is 37.4 Å². The number of guanidine groups is 1. The minimum absolute atomic E-state index is 0.0320. The maximum Gasteiger partial charge on any atom is 0.326 e. The van der Waals surface area contributed by atoms with Crippen LogP contribution in [0.25, 0.3) is 0 Å². The summed E-state index contributed by atoms with van der Waals surface area (Å²) in [6.07, 6.45) is 1.25. The maximum absolute atomic E-state index is 12.1. The number of aliphatic hydroxyl groups excluding tert-OH is 1. The van der Waals surface area contributed by atoms with Crippen molar-refractivity contribution in [3.8, 4) is 0 Å². The molecule has 2 heterocycles. The van der Waals surface area contributed by atoms with Gasteiger partial charge in [-0.3, -0.25) is 14.8 Å². The van der Waals surface area contributed by atoms with Gasteiger partial charge in [-0.2, -0.15) is 4.99 Å². The first kappa shape index (κ1) is 20.0. The number of aliphatic carboxylic acids is 1. The normalized spacial score (nSPS) is 21.2. The smallest absolute Gasteiger partial charge is 0.326 e. The van der Waals surface area contributed by atoms with Gasteiger partial charge in [0.05, 0.1) is 12.3 Å². The Morgan fingerprint density at radius 3 is 2.62 bits per heavy atom. The summed E-state index contributed by atoms with van der Waals surface area (Å²) in [6, 6.07) is 4.98. The molecule has 0 aromatic heterocycles. The second-order valence-corrected chi connectivity index (χ2v) is 6.42. The van der Waals surface area contributed by atoms with Gasteiger partial charge in [0.25, 0.3) is 5.91 Å². The SMILES string of the molecule is CC[C@H](NC(=O)c1ccc(NCC2=NC3C(O)=NC(N)=NC3N=C2)cc1)C(=O)O. The van der Waals surface area contributed by atoms with Crippen LogP contribution in [0.3, 0.4) is 0 Å². The summed E-state index contributed by atoms with van der Waals surface area (Å²) >= 11 is 0. The van der Waals surface area contributed by atoms with E-state index in [1.807, 2.05) is 0 Å². The number of nitrogens with two attached hydrogens (primary N) is 1. The summed E-state index contributed by atoms with van der Waals surface area (Å²) in [4.78, 5) is 39.5. The topological polar surface area (TPSA) is 174 Å². The molecule has 1 aromatic carbocycles. The lowest BCUT2D eigenvalue weighted by atomic mass is 10.1. The first-order chi connectivity index (χ1) is 13.9. The van der Waals surface area contributed by atoms with E-state index in [2.05, 4.69) is 30.6 Å². The zero-order valence-electron chi connectivity index (χ0n) is 15.6. The van der Waals surface area contributed by atoms with E-state index in [0.717, 1.165) is 5.69 Å². The number of amides is 1. The predicted octanol–water partition coefficient (Wildman–Crippen LogP) is 0.196. The highest BCUT2D eigenvalue weighted by Crippen LogP contribution is 2.16. The van der Waals surface area contributed by atoms with Crippen LogP contribution < -0.4 is 16.4 Å². The lowest BCUT2D eigenvalue weighted by molar-refractivity contribution is -0.139. The van der Waals surface area contributed by atoms with Gasteiger partial charge >= 0.3 is 5.97 Å². The molecule has 29 heavy (non-hydrogen) atoms. The van der Waals surface area contributed by atoms with Crippen LogP contribution in [-0.2, 0) is 4.79 Å². The molecule has 2 aliphatic rings. The zero-order chi connectivity index (χ0) is 21.0. The van der Waals surface area contributed by atoms with Crippen molar-refractivity contribution < 1.29 is 19.8 Å². The van der Waals surface area contributed by atoms with Crippen molar-refractivity contribution in [2.45, 2.75) is 31.6 Å². The number of hydrogen-bond donors (Lipinski definition) is 5. The summed E-state index contributed by atoms with van der Waals surface area (Å²) in [5, 5.41) is 24.5. The maximum atomic E-state index is 12.1. The number of carbonyl (C=O) groups excluding carboxylic acids is 1. The van der Waals surface area contributed by atoms with Crippen molar-refractivity contribution in [3.05, 3.63) is 29.8 Å². The molecule has 0 fully saturated rings. The minimum Gasteiger partial charge on any atom is -0.495 e. The molecule has 11 heteroatoms. The molecule has 0 saturated heterocycles. The van der Waals surface area contributed by atoms with Gasteiger partial charge in [0.1, 0.15) is 6.04 Å². The largest absolute Gasteiger partial charge is 0.495 e. The van der Waals surface area contributed by atoms with E-state index in [1.165, 1.54) is 0 Å². The molecule has 0 radical (unpaired) electrons. The van der Waals surface area contributed by atoms with E-state index in [0.29, 0.717) is 24.2 Å². The number of carbonyl (C=O) groups is 2. The molecule has 3 atom stereocenters. The summed E-state index contributed by atoms with van der Waals surface area (Å²) in [5.41, 5.74) is 7.17. The van der Waals surface area contributed by atoms with Gasteiger partial charge in [-0.15, -0.1) is 0 Å². The third-order valence-electron chi connectivity index (χ3n) is 4.35. The van der Waals surface area contributed by atoms with Crippen molar-refractivity contribution >= 4 is 41.3 Å². The molecule has 0 saturated carbocycles. The van der Waals surface area contributed by atoms with Crippen LogP contribution >= 0.6 is 0 Å². The third-order valence-corrected chi connectivity index (χ3v) is 4.35. The van der Waals surface area contributed by atoms with E-state index < -0.39 is 30.1 Å². The number of aliphatic hydroxyl groups is 1. The fourth-order valence-corrected chi connectivity index (χ4v) is 2.77. The van der Waals surface area contributed by atoms with Gasteiger partial charge in [0, 0.05) is 17.5 Å². The second kappa shape index (κ2) is 8.50. The van der Waals surface area contributed by atoms with Crippen molar-refractivity contribution in [1.82, 2.24) is 5.32 Å². The Hall–Kier alpha value is -3.76. The average molecular weight is 399 g/mol. The molecule has 6 N–H and O–H groups in total. The molecule has 11 nitrogen and oxygen atoms in total. The molecule has 2 aliphatic heterocycles. The van der Waals surface area contributed by atoms with Crippen molar-refractivity contribution in [1.29, 1.82) is 0 Å². The Balaban J connectivity index is 1.58. The van der Waals surface area contributed by atoms with Gasteiger partial charge in [-0.25, -0.2) is 9.79 Å². The zero-order valence-corrected chi connectivity index (χ0v) is 15.6. The number of nitrogens with zero attached hydrogens (tertiary/aromatic N) is 4. The van der Waals surface area contributed by atoms with Gasteiger partial charge in [-0.05, 0) is 30.7 Å². The second-order valence-electron chi connectivity index (χ2n) is 6.42. The van der Waals surface area contributed by atoms with Gasteiger partial charge < -0.3 is 26.6 Å². The average Bonchev–Trinajstić information content (AvgIpc) is 2.70. The monoisotopic (exact) mass is 399 g/mol. The highest BCUT2D eigenvalue weighted by atomic mass is 16.4. The Morgan fingerprint density at radius 1 is 1.24 bits per heavy atom. The van der Waals surface area contributed by atoms with Gasteiger partial charge in [0.2, 0.25) is 11.9 Å². The molecule has 152 valence electrons. The number of aliphatic imine (C=N–C) groups is 4. The van der Waals surface area contributed by atoms with Gasteiger partial charge in [-0.1, -0.05) is 6.92 Å². The highest BCUT2D eigenvalue weighted by Gasteiger charge is 2.31. The van der Waals surface area contributed by atoms with Crippen molar-refractivity contribution in [2.75, 3.05) is 11.9 Å². The Kier molecular flexibility index (Phi) is 5.86. The molecular formula is C18H21N7O4. The summed E-state index contributed by atoms with van der Waals surface area (Å²) in [5.74, 6) is -1.78. The van der Waals surface area contributed by atoms with E-state index >= 15 is 0 Å². The van der Waals surface area contributed by atoms with E-state index in [-0.39, 0.29) is 11.9 Å². The third kappa shape index (κ3) is 4.75. The molecule has 3 rings (SSSR count). The molecule has 0 aliphatic carbocycles. The summed E-state index contributed by atoms with van der Waals surface area (Å²) in [6.45, 7) is 2.02. The first-order valence-electron chi connectivity index (χ1n) is 8.95. The molecule has 2 unspecified atom stereocenters. The number of anilines is 1. The highest BCUT2D eigenvalue weighted by molar-refractivity contribution is 6.33. The van der Waals surface area contributed by atoms with Crippen LogP contribution in [0.2, 0.25) is 0 Å². The lowest BCUT2D eigenvalue weighted by Crippen LogP contribution is -2.40. The van der Waals surface area contributed by atoms with Crippen LogP contribution in [0.1, 0.15) is 23.7 Å². The summed E-state index contributed by atoms with van der Waals surface area (Å²) in [7, 11) is 0. The Bertz CT molecular complexity index is 921. The van der Waals surface area contributed by atoms with Crippen LogP contribution in [-0.4, -0.2) is 70.7 Å². The van der Waals surface area contributed by atoms with Crippen molar-refractivity contribution in [3.63, 3.8) is 0 Å². The predicted molar refractivity (Wildman–Crippen MR) is 109 cm³/mol. The van der Waals surface area contributed by atoms with Gasteiger partial charge in [0.15, 0.2) is 12.2 Å². The van der Waals surface area contributed by atoms with Crippen molar-refractivity contribution in [2.24, 2.45) is 25.7 Å². The fourth-order valence-electron chi connectivity index (χ4n) is 2.77. The number of carboxylic acid groups (broad SMARTS) is 1. The van der Waals surface area contributed by atoms with Crippen LogP contribution in [0.15, 0.2) is 44.2 Å². The van der Waals surface area contributed by atoms with E-state index in [4.69, 9.17) is 10.8 Å². The quantitative estimate of drug-likeness (QED) is 0.437. The molecule has 1 amide bonds. The summed E-state index contributed by atoms with van der Waals surface area (Å²) < 4.78 is 0. The number of rotatable bonds is 7. The van der Waals surface area contributed by atoms with E-state index in [9.17, 15) is 14.7 Å². The number of fused-ring (bicyclic) bond motifs is 1. The first-order valence-corrected chi connectivity index (χ1v) is 8.95. The number of nitrogens with one attached hydrogen (secondary N) is 2. The fraction of sp³-hybridized carbons (Fsp3) is 0.333. The minimum atomic E-state index is -1.07. The Labute approximate surface area is 166 Å². The standard InChI is InChI=1S/C18H21N7O4/c1-2-12(17(28)29)23-15(26)9-3-5-10(6-4-9)20-7-11-8-21-14-13(22-11)16(27)25-18(19)24-14/h3-6,8,12-14,20H,2,7H2,1H3,(H,23,26)(H,28,29)(H3,19,24,25,27)/t12-,13?,14?/m0/s1. The van der Waals surface area contributed by atoms with Crippen LogP contribution in [0.5, 0.6) is 0 Å². The van der Waals surface area contributed by atoms with Crippen LogP contribution in [0.4, 0.5) is 5.69 Å². The lowest BCUT2D eigenvalue weighted by Gasteiger charge is -2.23. The molecule has 0 bridgehead atoms. The molecular weight excluding hydrogens is 378 g/mol. The Morgan fingerprint density at radius 2 is 1.97 bits per heavy atom. The number of hydrogen-bond acceptors (Lipinski definition) is 8. The molecule has 1 aromatic rings. The number of benzene rings is 1. The van der Waals surface area contributed by atoms with Crippen LogP contribution in [0, 0.1) is 0 Å². The molecule has 0 spiro atoms. The number of carboxylic acids is 1.